The number of hydrogen-bond donors (Lipinski definition) is 3. The van der Waals surface area contributed by atoms with E-state index in [0.717, 1.165) is 23.0 Å². The highest BCUT2D eigenvalue weighted by Gasteiger charge is 2.30. The molecule has 1 fully saturated rings. The van der Waals surface area contributed by atoms with Gasteiger partial charge in [-0.3, -0.25) is 9.48 Å². The molecule has 1 amide bonds. The molecule has 0 spiro atoms. The normalized spacial score (nSPS) is 16.5. The minimum atomic E-state index is -2.32. The van der Waals surface area contributed by atoms with Crippen molar-refractivity contribution < 1.29 is 13.6 Å². The van der Waals surface area contributed by atoms with E-state index >= 15 is 0 Å². The molecule has 1 aromatic carbocycles. The minimum absolute atomic E-state index is 0.00862. The quantitative estimate of drug-likeness (QED) is 0.538. The zero-order chi connectivity index (χ0) is 23.3. The molecule has 3 aromatic rings. The number of imidazole rings is 1. The van der Waals surface area contributed by atoms with Crippen LogP contribution in [0.15, 0.2) is 30.5 Å². The number of aromatic amines is 1. The van der Waals surface area contributed by atoms with Crippen molar-refractivity contribution in [2.45, 2.75) is 64.5 Å². The number of alkyl halides is 2. The van der Waals surface area contributed by atoms with Gasteiger partial charge < -0.3 is 16.0 Å². The van der Waals surface area contributed by atoms with Crippen LogP contribution < -0.4 is 11.1 Å². The Morgan fingerprint density at radius 1 is 1.25 bits per heavy atom. The summed E-state index contributed by atoms with van der Waals surface area (Å²) in [5.41, 5.74) is 9.57. The number of rotatable bonds is 5. The summed E-state index contributed by atoms with van der Waals surface area (Å²) >= 11 is 0. The van der Waals surface area contributed by atoms with Crippen LogP contribution in [0.4, 0.5) is 8.78 Å². The first-order chi connectivity index (χ1) is 15.2. The average molecular weight is 447 g/mol. The number of nitrogens with one attached hydrogen (secondary N) is 2. The van der Waals surface area contributed by atoms with Gasteiger partial charge in [-0.25, -0.2) is 13.8 Å². The fraction of sp³-hybridized carbons (Fsp3) is 0.522. The smallest absolute Gasteiger partial charge is 0.269 e. The third kappa shape index (κ3) is 6.12. The third-order valence-electron chi connectivity index (χ3n) is 5.71. The van der Waals surface area contributed by atoms with Gasteiger partial charge in [-0.15, -0.1) is 0 Å². The summed E-state index contributed by atoms with van der Waals surface area (Å²) in [4.78, 5) is 19.8. The van der Waals surface area contributed by atoms with Crippen LogP contribution >= 0.6 is 0 Å². The predicted molar refractivity (Wildman–Crippen MR) is 120 cm³/mol. The highest BCUT2D eigenvalue weighted by Crippen LogP contribution is 2.32. The van der Waals surface area contributed by atoms with Crippen LogP contribution in [0.3, 0.4) is 0 Å². The number of nitrogens with zero attached hydrogens (tertiary/aromatic N) is 3. The van der Waals surface area contributed by atoms with E-state index in [1.807, 2.05) is 18.2 Å². The van der Waals surface area contributed by atoms with Crippen LogP contribution in [0, 0.1) is 5.92 Å². The lowest BCUT2D eigenvalue weighted by atomic mass is 9.97. The molecule has 2 aromatic heterocycles. The lowest BCUT2D eigenvalue weighted by Crippen LogP contribution is -2.25. The summed E-state index contributed by atoms with van der Waals surface area (Å²) in [7, 11) is 1.73. The molecule has 1 saturated carbocycles. The summed E-state index contributed by atoms with van der Waals surface area (Å²) in [5, 5.41) is 6.83. The van der Waals surface area contributed by atoms with Crippen LogP contribution in [0.1, 0.15) is 73.9 Å². The van der Waals surface area contributed by atoms with Gasteiger partial charge >= 0.3 is 0 Å². The number of hydrogen-bond acceptors (Lipinski definition) is 4. The number of benzene rings is 1. The van der Waals surface area contributed by atoms with Gasteiger partial charge in [0.2, 0.25) is 5.92 Å². The first-order valence-corrected chi connectivity index (χ1v) is 11.0. The zero-order valence-electron chi connectivity index (χ0n) is 18.9. The highest BCUT2D eigenvalue weighted by molar-refractivity contribution is 5.92. The molecule has 32 heavy (non-hydrogen) atoms. The van der Waals surface area contributed by atoms with Crippen molar-refractivity contribution in [3.63, 3.8) is 0 Å². The molecule has 0 bridgehead atoms. The Labute approximate surface area is 186 Å². The Morgan fingerprint density at radius 3 is 2.53 bits per heavy atom. The van der Waals surface area contributed by atoms with Crippen molar-refractivity contribution in [3.05, 3.63) is 47.5 Å². The molecule has 1 aliphatic rings. The number of halogens is 2. The molecule has 2 heterocycles. The number of amides is 1. The van der Waals surface area contributed by atoms with Crippen LogP contribution in [0.5, 0.6) is 0 Å². The fourth-order valence-corrected chi connectivity index (χ4v) is 3.68. The number of H-pyrrole nitrogens is 1. The molecule has 0 saturated heterocycles. The summed E-state index contributed by atoms with van der Waals surface area (Å²) in [6, 6.07) is 7.65. The van der Waals surface area contributed by atoms with E-state index in [0.29, 0.717) is 36.8 Å². The molecule has 1 unspecified atom stereocenters. The maximum atomic E-state index is 12.2. The Kier molecular flexibility index (Phi) is 7.60. The molecule has 1 aliphatic carbocycles. The van der Waals surface area contributed by atoms with Gasteiger partial charge in [0.05, 0.1) is 17.6 Å². The van der Waals surface area contributed by atoms with Gasteiger partial charge in [-0.1, -0.05) is 26.3 Å². The molecule has 9 heteroatoms. The second-order valence-corrected chi connectivity index (χ2v) is 8.67. The number of nitrogens with two attached hydrogens (primary N) is 1. The third-order valence-corrected chi connectivity index (χ3v) is 5.71. The van der Waals surface area contributed by atoms with Crippen molar-refractivity contribution >= 4 is 16.9 Å². The fourth-order valence-electron chi connectivity index (χ4n) is 3.68. The van der Waals surface area contributed by atoms with Gasteiger partial charge in [0.1, 0.15) is 11.5 Å². The van der Waals surface area contributed by atoms with E-state index in [9.17, 15) is 13.6 Å². The number of carbonyl (C=O) groups excluding carboxylic acids is 1. The summed E-state index contributed by atoms with van der Waals surface area (Å²) in [6.45, 7) is 4.52. The van der Waals surface area contributed by atoms with E-state index in [2.05, 4.69) is 34.2 Å². The van der Waals surface area contributed by atoms with Gasteiger partial charge in [0.15, 0.2) is 0 Å². The summed E-state index contributed by atoms with van der Waals surface area (Å²) in [5.74, 6) is -1.44. The highest BCUT2D eigenvalue weighted by atomic mass is 19.3. The van der Waals surface area contributed by atoms with Gasteiger partial charge in [0, 0.05) is 32.1 Å². The molecule has 0 radical (unpaired) electrons. The van der Waals surface area contributed by atoms with Crippen molar-refractivity contribution in [1.82, 2.24) is 25.1 Å². The Hall–Kier alpha value is -2.81. The second kappa shape index (κ2) is 10.2. The van der Waals surface area contributed by atoms with Crippen LogP contribution in [-0.2, 0) is 13.6 Å². The van der Waals surface area contributed by atoms with Crippen molar-refractivity contribution in [2.24, 2.45) is 18.7 Å². The molecule has 1 atom stereocenters. The van der Waals surface area contributed by atoms with Gasteiger partial charge in [-0.05, 0) is 42.5 Å². The molecular formula is C23H32F2N6O. The van der Waals surface area contributed by atoms with E-state index in [-0.39, 0.29) is 24.8 Å². The number of aryl methyl sites for hydroxylation is 1. The van der Waals surface area contributed by atoms with Gasteiger partial charge in [0.25, 0.3) is 5.91 Å². The number of aromatic nitrogens is 4. The van der Waals surface area contributed by atoms with Crippen LogP contribution in [-0.4, -0.2) is 31.6 Å². The van der Waals surface area contributed by atoms with Crippen LogP contribution in [0.25, 0.3) is 11.0 Å². The first-order valence-electron chi connectivity index (χ1n) is 11.0. The Bertz CT molecular complexity index is 1030. The minimum Gasteiger partial charge on any atom is -0.343 e. The maximum absolute atomic E-state index is 12.2. The molecule has 7 nitrogen and oxygen atoms in total. The van der Waals surface area contributed by atoms with E-state index < -0.39 is 5.92 Å². The van der Waals surface area contributed by atoms with E-state index in [1.165, 1.54) is 4.68 Å². The zero-order valence-corrected chi connectivity index (χ0v) is 18.9. The van der Waals surface area contributed by atoms with Crippen molar-refractivity contribution in [3.8, 4) is 0 Å². The van der Waals surface area contributed by atoms with Gasteiger partial charge in [-0.2, -0.15) is 5.10 Å². The standard InChI is InChI=1S/C17H22N6O.C6H10F2/c1-10(2)16(18)11-4-5-12-13(8-11)22-15(21-12)9-19-17(24)14-6-7-20-23(14)3;7-6(8)4-2-1-3-5-6/h4-8,10,16H,9,18H2,1-3H3,(H,19,24)(H,21,22);1-5H2. The van der Waals surface area contributed by atoms with Crippen molar-refractivity contribution in [1.29, 1.82) is 0 Å². The maximum Gasteiger partial charge on any atom is 0.269 e. The summed E-state index contributed by atoms with van der Waals surface area (Å²) < 4.78 is 25.9. The second-order valence-electron chi connectivity index (χ2n) is 8.67. The monoisotopic (exact) mass is 446 g/mol. The van der Waals surface area contributed by atoms with Crippen molar-refractivity contribution in [2.75, 3.05) is 0 Å². The SMILES string of the molecule is CC(C)C(N)c1ccc2nc(CNC(=O)c3ccnn3C)[nH]c2c1.FC1(F)CCCCC1. The summed E-state index contributed by atoms with van der Waals surface area (Å²) in [6.07, 6.45) is 4.26. The first kappa shape index (κ1) is 23.8. The topological polar surface area (TPSA) is 102 Å². The largest absolute Gasteiger partial charge is 0.343 e. The lowest BCUT2D eigenvalue weighted by Gasteiger charge is -2.20. The average Bonchev–Trinajstić information content (AvgIpc) is 3.36. The molecule has 4 N–H and O–H groups in total. The number of fused-ring (bicyclic) bond motifs is 1. The molecule has 174 valence electrons. The predicted octanol–water partition coefficient (Wildman–Crippen LogP) is 4.47. The van der Waals surface area contributed by atoms with E-state index in [1.54, 1.807) is 19.3 Å². The Morgan fingerprint density at radius 2 is 1.97 bits per heavy atom. The molecule has 4 rings (SSSR count). The Balaban J connectivity index is 0.000000305. The number of carbonyl (C=O) groups is 1. The molecule has 0 aliphatic heterocycles. The van der Waals surface area contributed by atoms with Crippen LogP contribution in [0.2, 0.25) is 0 Å². The van der Waals surface area contributed by atoms with E-state index in [4.69, 9.17) is 5.73 Å². The molecular weight excluding hydrogens is 414 g/mol. The lowest BCUT2D eigenvalue weighted by molar-refractivity contribution is -0.0337.